The van der Waals surface area contributed by atoms with Crippen LogP contribution >= 0.6 is 0 Å². The van der Waals surface area contributed by atoms with E-state index in [0.29, 0.717) is 30.0 Å². The topological polar surface area (TPSA) is 82.4 Å². The number of carbonyl (C=O) groups is 2. The van der Waals surface area contributed by atoms with Crippen LogP contribution in [0.5, 0.6) is 0 Å². The van der Waals surface area contributed by atoms with Crippen molar-refractivity contribution in [2.24, 2.45) is 5.92 Å². The maximum absolute atomic E-state index is 14.9. The maximum Gasteiger partial charge on any atom is 0.416 e. The van der Waals surface area contributed by atoms with E-state index in [1.807, 2.05) is 6.92 Å². The van der Waals surface area contributed by atoms with E-state index in [4.69, 9.17) is 4.74 Å². The Balaban J connectivity index is 1.59. The van der Waals surface area contributed by atoms with E-state index in [1.54, 1.807) is 38.1 Å². The number of benzene rings is 2. The molecule has 3 atom stereocenters. The number of likely N-dealkylation sites (tertiary alicyclic amines) is 1. The Morgan fingerprint density at radius 2 is 1.82 bits per heavy atom. The predicted molar refractivity (Wildman–Crippen MR) is 130 cm³/mol. The van der Waals surface area contributed by atoms with E-state index in [0.717, 1.165) is 12.1 Å². The van der Waals surface area contributed by atoms with Crippen LogP contribution in [0.25, 0.3) is 0 Å². The number of rotatable bonds is 6. The summed E-state index contributed by atoms with van der Waals surface area (Å²) in [7, 11) is 0. The summed E-state index contributed by atoms with van der Waals surface area (Å²) in [6.45, 7) is 5.76. The third-order valence-corrected chi connectivity index (χ3v) is 7.41. The van der Waals surface area contributed by atoms with Gasteiger partial charge in [-0.05, 0) is 63.4 Å². The average Bonchev–Trinajstić information content (AvgIpc) is 3.23. The molecule has 0 bridgehead atoms. The van der Waals surface area contributed by atoms with Crippen LogP contribution in [-0.2, 0) is 21.1 Å². The molecule has 0 aromatic heterocycles. The first-order chi connectivity index (χ1) is 17.8. The lowest BCUT2D eigenvalue weighted by atomic mass is 9.85. The molecular formula is C28H29F4N3O3. The summed E-state index contributed by atoms with van der Waals surface area (Å²) in [5.74, 6) is -2.26. The van der Waals surface area contributed by atoms with Gasteiger partial charge in [0, 0.05) is 23.1 Å². The molecule has 0 saturated carbocycles. The van der Waals surface area contributed by atoms with Crippen LogP contribution in [0.15, 0.2) is 42.5 Å². The molecule has 10 heteroatoms. The molecule has 0 aliphatic carbocycles. The first-order valence-electron chi connectivity index (χ1n) is 12.4. The third-order valence-electron chi connectivity index (χ3n) is 7.41. The Labute approximate surface area is 218 Å². The predicted octanol–water partition coefficient (Wildman–Crippen LogP) is 5.14. The van der Waals surface area contributed by atoms with Crippen LogP contribution in [0.4, 0.5) is 17.6 Å². The second kappa shape index (κ2) is 10.4. The molecule has 2 aromatic carbocycles. The van der Waals surface area contributed by atoms with Crippen LogP contribution < -0.4 is 5.32 Å². The Morgan fingerprint density at radius 1 is 1.11 bits per heavy atom. The zero-order valence-corrected chi connectivity index (χ0v) is 21.3. The fourth-order valence-electron chi connectivity index (χ4n) is 4.94. The summed E-state index contributed by atoms with van der Waals surface area (Å²) in [5.41, 5.74) is -0.975. The Hall–Kier alpha value is -3.45. The van der Waals surface area contributed by atoms with Gasteiger partial charge in [0.1, 0.15) is 11.9 Å². The maximum atomic E-state index is 14.9. The minimum absolute atomic E-state index is 0.0602. The molecule has 38 heavy (non-hydrogen) atoms. The first kappa shape index (κ1) is 27.6. The summed E-state index contributed by atoms with van der Waals surface area (Å²) in [6.07, 6.45) is -3.75. The summed E-state index contributed by atoms with van der Waals surface area (Å²) in [5, 5.41) is 12.3. The van der Waals surface area contributed by atoms with Crippen LogP contribution in [0.2, 0.25) is 0 Å². The molecular weight excluding hydrogens is 502 g/mol. The van der Waals surface area contributed by atoms with E-state index >= 15 is 0 Å². The minimum Gasteiger partial charge on any atom is -0.381 e. The molecule has 202 valence electrons. The fraction of sp³-hybridized carbons (Fsp3) is 0.464. The third kappa shape index (κ3) is 5.39. The highest BCUT2D eigenvalue weighted by Crippen LogP contribution is 2.35. The zero-order chi connectivity index (χ0) is 27.8. The van der Waals surface area contributed by atoms with Crippen molar-refractivity contribution in [2.45, 2.75) is 63.3 Å². The van der Waals surface area contributed by atoms with Crippen molar-refractivity contribution in [3.05, 3.63) is 70.5 Å². The lowest BCUT2D eigenvalue weighted by Crippen LogP contribution is -2.51. The number of hydrogen-bond acceptors (Lipinski definition) is 4. The molecule has 1 N–H and O–H groups in total. The quantitative estimate of drug-likeness (QED) is 0.524. The molecule has 4 rings (SSSR count). The number of amides is 2. The number of nitrogens with zero attached hydrogens (tertiary/aromatic N) is 2. The van der Waals surface area contributed by atoms with Crippen LogP contribution in [-0.4, -0.2) is 42.0 Å². The van der Waals surface area contributed by atoms with Gasteiger partial charge in [0.05, 0.1) is 36.3 Å². The smallest absolute Gasteiger partial charge is 0.381 e. The molecule has 2 heterocycles. The Morgan fingerprint density at radius 3 is 2.39 bits per heavy atom. The van der Waals surface area contributed by atoms with Gasteiger partial charge in [-0.1, -0.05) is 18.2 Å². The summed E-state index contributed by atoms with van der Waals surface area (Å²) >= 11 is 0. The number of carbonyl (C=O) groups excluding carboxylic acids is 2. The number of nitriles is 1. The number of nitrogens with one attached hydrogen (secondary N) is 1. The molecule has 0 spiro atoms. The van der Waals surface area contributed by atoms with Gasteiger partial charge in [-0.25, -0.2) is 4.39 Å². The number of halogens is 4. The highest BCUT2D eigenvalue weighted by atomic mass is 19.4. The van der Waals surface area contributed by atoms with E-state index in [9.17, 15) is 32.4 Å². The van der Waals surface area contributed by atoms with Crippen molar-refractivity contribution in [3.8, 4) is 6.07 Å². The van der Waals surface area contributed by atoms with Gasteiger partial charge in [0.2, 0.25) is 5.91 Å². The molecule has 0 unspecified atom stereocenters. The highest BCUT2D eigenvalue weighted by Gasteiger charge is 2.42. The number of hydrogen-bond donors (Lipinski definition) is 1. The molecule has 2 amide bonds. The highest BCUT2D eigenvalue weighted by molar-refractivity contribution is 5.98. The van der Waals surface area contributed by atoms with Gasteiger partial charge < -0.3 is 15.0 Å². The lowest BCUT2D eigenvalue weighted by molar-refractivity contribution is -0.138. The average molecular weight is 532 g/mol. The molecule has 6 nitrogen and oxygen atoms in total. The summed E-state index contributed by atoms with van der Waals surface area (Å²) < 4.78 is 59.2. The summed E-state index contributed by atoms with van der Waals surface area (Å²) in [4.78, 5) is 28.5. The normalized spacial score (nSPS) is 20.9. The molecule has 2 aliphatic rings. The first-order valence-corrected chi connectivity index (χ1v) is 12.4. The Bertz CT molecular complexity index is 1270. The molecule has 2 fully saturated rings. The van der Waals surface area contributed by atoms with Crippen LogP contribution in [0, 0.1) is 23.1 Å². The number of alkyl halides is 3. The van der Waals surface area contributed by atoms with E-state index in [1.165, 1.54) is 4.90 Å². The van der Waals surface area contributed by atoms with Gasteiger partial charge in [0.25, 0.3) is 5.91 Å². The largest absolute Gasteiger partial charge is 0.416 e. The van der Waals surface area contributed by atoms with Gasteiger partial charge in [-0.3, -0.25) is 9.59 Å². The second-order valence-corrected chi connectivity index (χ2v) is 10.5. The molecule has 2 aliphatic heterocycles. The van der Waals surface area contributed by atoms with E-state index in [-0.39, 0.29) is 36.6 Å². The van der Waals surface area contributed by atoms with E-state index in [2.05, 4.69) is 11.4 Å². The van der Waals surface area contributed by atoms with Gasteiger partial charge in [0.15, 0.2) is 0 Å². The molecule has 2 saturated heterocycles. The van der Waals surface area contributed by atoms with Crippen molar-refractivity contribution in [2.75, 3.05) is 13.2 Å². The molecule has 0 radical (unpaired) electrons. The monoisotopic (exact) mass is 531 g/mol. The minimum atomic E-state index is -4.70. The van der Waals surface area contributed by atoms with Crippen LogP contribution in [0.1, 0.15) is 66.7 Å². The standard InChI is InChI=1S/C28H29F4N3O3/c1-16-7-10-23(35(16)26(37)17-5-4-6-19(11-17)27(2,3)15-33)25(36)34-24(18-13-38-14-18)21-9-8-20(12-22(21)29)28(30,31)32/h4-6,8-9,11-12,16,18,23-24H,7,10,13-14H2,1-3H3,(H,34,36)/t16-,23-,24-/m1/s1. The number of ether oxygens (including phenoxy) is 1. The van der Waals surface area contributed by atoms with E-state index < -0.39 is 41.0 Å². The SMILES string of the molecule is C[C@@H]1CC[C@H](C(=O)N[C@@H](c2ccc(C(F)(F)F)cc2F)C2COC2)N1C(=O)c1cccc(C(C)(C)C#N)c1. The second-order valence-electron chi connectivity index (χ2n) is 10.5. The van der Waals surface area contributed by atoms with Gasteiger partial charge in [-0.2, -0.15) is 18.4 Å². The van der Waals surface area contributed by atoms with Gasteiger partial charge in [-0.15, -0.1) is 0 Å². The van der Waals surface area contributed by atoms with Crippen molar-refractivity contribution < 1.29 is 31.9 Å². The van der Waals surface area contributed by atoms with Crippen molar-refractivity contribution in [3.63, 3.8) is 0 Å². The van der Waals surface area contributed by atoms with Crippen molar-refractivity contribution in [1.29, 1.82) is 5.26 Å². The van der Waals surface area contributed by atoms with Crippen molar-refractivity contribution >= 4 is 11.8 Å². The van der Waals surface area contributed by atoms with Crippen LogP contribution in [0.3, 0.4) is 0 Å². The van der Waals surface area contributed by atoms with Crippen molar-refractivity contribution in [1.82, 2.24) is 10.2 Å². The lowest BCUT2D eigenvalue weighted by Gasteiger charge is -2.36. The van der Waals surface area contributed by atoms with Gasteiger partial charge >= 0.3 is 6.18 Å². The molecule has 2 aromatic rings. The zero-order valence-electron chi connectivity index (χ0n) is 21.3. The fourth-order valence-corrected chi connectivity index (χ4v) is 4.94. The summed E-state index contributed by atoms with van der Waals surface area (Å²) in [6, 6.07) is 9.21. The Kier molecular flexibility index (Phi) is 7.53.